The summed E-state index contributed by atoms with van der Waals surface area (Å²) in [6, 6.07) is 4.84. The van der Waals surface area contributed by atoms with E-state index in [1.807, 2.05) is 12.2 Å². The normalized spacial score (nSPS) is 16.6. The van der Waals surface area contributed by atoms with Crippen LogP contribution < -0.4 is 10.6 Å². The first-order valence-electron chi connectivity index (χ1n) is 7.03. The SMILES string of the molecule is CC[C@H](C)NC(=O)NC(=O)CN1C(=O)c2ccccc2S1(=O)=O. The number of amides is 4. The van der Waals surface area contributed by atoms with Crippen molar-refractivity contribution in [1.29, 1.82) is 0 Å². The third kappa shape index (κ3) is 3.34. The number of imide groups is 1. The number of nitrogens with one attached hydrogen (secondary N) is 2. The van der Waals surface area contributed by atoms with Crippen LogP contribution in [-0.2, 0) is 14.8 Å². The Labute approximate surface area is 133 Å². The Morgan fingerprint density at radius 2 is 1.91 bits per heavy atom. The standard InChI is InChI=1S/C14H17N3O5S/c1-3-9(2)15-14(20)16-12(18)8-17-13(19)10-6-4-5-7-11(10)23(17,21)22/h4-7,9H,3,8H2,1-2H3,(H2,15,16,18,20)/t9-/m0/s1. The van der Waals surface area contributed by atoms with Crippen LogP contribution >= 0.6 is 0 Å². The van der Waals surface area contributed by atoms with E-state index in [1.54, 1.807) is 6.92 Å². The number of hydrogen-bond acceptors (Lipinski definition) is 5. The lowest BCUT2D eigenvalue weighted by Gasteiger charge is -2.15. The van der Waals surface area contributed by atoms with Crippen LogP contribution in [0.1, 0.15) is 30.6 Å². The van der Waals surface area contributed by atoms with Gasteiger partial charge in [-0.05, 0) is 25.5 Å². The first-order chi connectivity index (χ1) is 10.8. The number of urea groups is 1. The van der Waals surface area contributed by atoms with Crippen molar-refractivity contribution >= 4 is 27.9 Å². The number of sulfonamides is 1. The molecule has 0 aliphatic carbocycles. The Hall–Kier alpha value is -2.42. The first kappa shape index (κ1) is 16.9. The number of hydrogen-bond donors (Lipinski definition) is 2. The fraction of sp³-hybridized carbons (Fsp3) is 0.357. The van der Waals surface area contributed by atoms with Gasteiger partial charge in [-0.25, -0.2) is 17.5 Å². The topological polar surface area (TPSA) is 113 Å². The number of carbonyl (C=O) groups is 3. The number of rotatable bonds is 4. The minimum absolute atomic E-state index is 0.0179. The average molecular weight is 339 g/mol. The molecule has 0 saturated heterocycles. The van der Waals surface area contributed by atoms with Crippen LogP contribution in [-0.4, -0.2) is 43.2 Å². The van der Waals surface area contributed by atoms with Gasteiger partial charge in [-0.15, -0.1) is 0 Å². The summed E-state index contributed by atoms with van der Waals surface area (Å²) in [6.07, 6.45) is 0.676. The summed E-state index contributed by atoms with van der Waals surface area (Å²) in [5.41, 5.74) is 0.0179. The largest absolute Gasteiger partial charge is 0.335 e. The maximum atomic E-state index is 12.3. The van der Waals surface area contributed by atoms with Gasteiger partial charge in [-0.1, -0.05) is 19.1 Å². The summed E-state index contributed by atoms with van der Waals surface area (Å²) in [4.78, 5) is 35.4. The molecule has 0 aromatic heterocycles. The fourth-order valence-corrected chi connectivity index (χ4v) is 3.57. The second-order valence-electron chi connectivity index (χ2n) is 5.14. The van der Waals surface area contributed by atoms with Gasteiger partial charge in [0.15, 0.2) is 0 Å². The van der Waals surface area contributed by atoms with Gasteiger partial charge in [0.2, 0.25) is 5.91 Å². The van der Waals surface area contributed by atoms with Gasteiger partial charge in [-0.2, -0.15) is 0 Å². The summed E-state index contributed by atoms with van der Waals surface area (Å²) < 4.78 is 25.0. The van der Waals surface area contributed by atoms with E-state index >= 15 is 0 Å². The third-order valence-corrected chi connectivity index (χ3v) is 5.23. The van der Waals surface area contributed by atoms with Gasteiger partial charge in [0.1, 0.15) is 11.4 Å². The number of benzene rings is 1. The highest BCUT2D eigenvalue weighted by Gasteiger charge is 2.41. The zero-order valence-corrected chi connectivity index (χ0v) is 13.5. The Morgan fingerprint density at radius 3 is 2.52 bits per heavy atom. The highest BCUT2D eigenvalue weighted by molar-refractivity contribution is 7.90. The minimum Gasteiger partial charge on any atom is -0.335 e. The molecule has 1 aliphatic rings. The van der Waals surface area contributed by atoms with Crippen molar-refractivity contribution in [2.75, 3.05) is 6.54 Å². The summed E-state index contributed by atoms with van der Waals surface area (Å²) in [6.45, 7) is 2.87. The van der Waals surface area contributed by atoms with Gasteiger partial charge in [0, 0.05) is 6.04 Å². The lowest BCUT2D eigenvalue weighted by atomic mass is 10.2. The highest BCUT2D eigenvalue weighted by Crippen LogP contribution is 2.29. The van der Waals surface area contributed by atoms with Crippen LogP contribution in [0.3, 0.4) is 0 Å². The van der Waals surface area contributed by atoms with E-state index in [1.165, 1.54) is 24.3 Å². The van der Waals surface area contributed by atoms with E-state index in [9.17, 15) is 22.8 Å². The molecule has 2 rings (SSSR count). The maximum absolute atomic E-state index is 12.3. The molecule has 9 heteroatoms. The first-order valence-corrected chi connectivity index (χ1v) is 8.47. The zero-order valence-electron chi connectivity index (χ0n) is 12.7. The monoisotopic (exact) mass is 339 g/mol. The summed E-state index contributed by atoms with van der Waals surface area (Å²) in [7, 11) is -4.06. The van der Waals surface area contributed by atoms with E-state index in [-0.39, 0.29) is 16.5 Å². The molecule has 8 nitrogen and oxygen atoms in total. The van der Waals surface area contributed by atoms with Crippen molar-refractivity contribution < 1.29 is 22.8 Å². The van der Waals surface area contributed by atoms with Crippen LogP contribution in [0.25, 0.3) is 0 Å². The van der Waals surface area contributed by atoms with E-state index < -0.39 is 34.4 Å². The van der Waals surface area contributed by atoms with Gasteiger partial charge in [0.25, 0.3) is 15.9 Å². The lowest BCUT2D eigenvalue weighted by Crippen LogP contribution is -2.47. The predicted molar refractivity (Wildman–Crippen MR) is 81.1 cm³/mol. The van der Waals surface area contributed by atoms with Gasteiger partial charge < -0.3 is 5.32 Å². The molecule has 0 spiro atoms. The Bertz CT molecular complexity index is 759. The van der Waals surface area contributed by atoms with Gasteiger partial charge in [-0.3, -0.25) is 14.9 Å². The summed E-state index contributed by atoms with van der Waals surface area (Å²) in [5.74, 6) is -1.66. The quantitative estimate of drug-likeness (QED) is 0.827. The molecule has 0 fully saturated rings. The zero-order chi connectivity index (χ0) is 17.2. The second-order valence-corrected chi connectivity index (χ2v) is 6.97. The van der Waals surface area contributed by atoms with Crippen LogP contribution in [0.2, 0.25) is 0 Å². The Morgan fingerprint density at radius 1 is 1.26 bits per heavy atom. The molecule has 1 heterocycles. The average Bonchev–Trinajstić information content (AvgIpc) is 2.68. The molecule has 0 radical (unpaired) electrons. The molecule has 124 valence electrons. The lowest BCUT2D eigenvalue weighted by molar-refractivity contribution is -0.119. The smallest absolute Gasteiger partial charge is 0.321 e. The Balaban J connectivity index is 2.08. The molecule has 0 unspecified atom stereocenters. The van der Waals surface area contributed by atoms with Crippen LogP contribution in [0, 0.1) is 0 Å². The third-order valence-electron chi connectivity index (χ3n) is 3.44. The number of fused-ring (bicyclic) bond motifs is 1. The molecular formula is C14H17N3O5S. The van der Waals surface area contributed by atoms with E-state index in [4.69, 9.17) is 0 Å². The van der Waals surface area contributed by atoms with Crippen LogP contribution in [0.4, 0.5) is 4.79 Å². The highest BCUT2D eigenvalue weighted by atomic mass is 32.2. The summed E-state index contributed by atoms with van der Waals surface area (Å²) >= 11 is 0. The molecular weight excluding hydrogens is 322 g/mol. The minimum atomic E-state index is -4.06. The molecule has 0 saturated carbocycles. The number of nitrogens with zero attached hydrogens (tertiary/aromatic N) is 1. The molecule has 1 aromatic rings. The molecule has 0 bridgehead atoms. The van der Waals surface area contributed by atoms with E-state index in [2.05, 4.69) is 5.32 Å². The van der Waals surface area contributed by atoms with E-state index in [0.29, 0.717) is 10.7 Å². The second kappa shape index (κ2) is 6.37. The van der Waals surface area contributed by atoms with Crippen molar-refractivity contribution in [3.8, 4) is 0 Å². The molecule has 23 heavy (non-hydrogen) atoms. The van der Waals surface area contributed by atoms with Crippen LogP contribution in [0.5, 0.6) is 0 Å². The molecule has 2 N–H and O–H groups in total. The van der Waals surface area contributed by atoms with Crippen molar-refractivity contribution in [1.82, 2.24) is 14.9 Å². The maximum Gasteiger partial charge on any atom is 0.321 e. The van der Waals surface area contributed by atoms with Gasteiger partial charge in [0.05, 0.1) is 5.56 Å². The van der Waals surface area contributed by atoms with Crippen LogP contribution in [0.15, 0.2) is 29.2 Å². The summed E-state index contributed by atoms with van der Waals surface area (Å²) in [5, 5.41) is 4.52. The van der Waals surface area contributed by atoms with Crippen molar-refractivity contribution in [2.24, 2.45) is 0 Å². The fourth-order valence-electron chi connectivity index (χ4n) is 2.05. The number of carbonyl (C=O) groups excluding carboxylic acids is 3. The van der Waals surface area contributed by atoms with Crippen molar-refractivity contribution in [3.05, 3.63) is 29.8 Å². The molecule has 1 atom stereocenters. The molecule has 1 aromatic carbocycles. The molecule has 4 amide bonds. The van der Waals surface area contributed by atoms with Crippen molar-refractivity contribution in [3.63, 3.8) is 0 Å². The van der Waals surface area contributed by atoms with Gasteiger partial charge >= 0.3 is 6.03 Å². The predicted octanol–water partition coefficient (Wildman–Crippen LogP) is 0.455. The Kier molecular flexibility index (Phi) is 4.69. The van der Waals surface area contributed by atoms with Crippen molar-refractivity contribution in [2.45, 2.75) is 31.2 Å². The van der Waals surface area contributed by atoms with E-state index in [0.717, 1.165) is 0 Å². The molecule has 1 aliphatic heterocycles.